The molecule has 0 saturated heterocycles. The fourth-order valence-electron chi connectivity index (χ4n) is 2.20. The van der Waals surface area contributed by atoms with Crippen molar-refractivity contribution in [2.75, 3.05) is 20.5 Å². The van der Waals surface area contributed by atoms with Crippen molar-refractivity contribution < 1.29 is 23.4 Å². The van der Waals surface area contributed by atoms with E-state index < -0.39 is 11.8 Å². The van der Waals surface area contributed by atoms with Gasteiger partial charge in [-0.25, -0.2) is 9.18 Å². The second-order valence-corrected chi connectivity index (χ2v) is 4.87. The van der Waals surface area contributed by atoms with Gasteiger partial charge in [-0.15, -0.1) is 0 Å². The monoisotopic (exact) mass is 330 g/mol. The molecular formula is C19H19FO4. The van der Waals surface area contributed by atoms with Crippen molar-refractivity contribution in [3.63, 3.8) is 0 Å². The molecule has 0 heterocycles. The average Bonchev–Trinajstić information content (AvgIpc) is 2.59. The number of carbonyl (C=O) groups is 1. The molecule has 0 unspecified atom stereocenters. The fourth-order valence-corrected chi connectivity index (χ4v) is 2.20. The maximum absolute atomic E-state index is 13.8. The van der Waals surface area contributed by atoms with Gasteiger partial charge in [-0.2, -0.15) is 0 Å². The molecule has 2 rings (SSSR count). The molecule has 5 heteroatoms. The SMILES string of the molecule is CCOC(=O)/C=C(\c1ccccc1)c1cc(F)ccc1OCOC. The number of rotatable bonds is 7. The van der Waals surface area contributed by atoms with Gasteiger partial charge < -0.3 is 14.2 Å². The first kappa shape index (κ1) is 17.7. The van der Waals surface area contributed by atoms with Gasteiger partial charge in [0.25, 0.3) is 0 Å². The third-order valence-electron chi connectivity index (χ3n) is 3.20. The van der Waals surface area contributed by atoms with Crippen LogP contribution in [0.1, 0.15) is 18.1 Å². The van der Waals surface area contributed by atoms with E-state index in [4.69, 9.17) is 14.2 Å². The van der Waals surface area contributed by atoms with E-state index in [0.29, 0.717) is 16.9 Å². The first-order valence-corrected chi connectivity index (χ1v) is 7.51. The summed E-state index contributed by atoms with van der Waals surface area (Å²) in [6, 6.07) is 13.3. The summed E-state index contributed by atoms with van der Waals surface area (Å²) in [5.74, 6) is -0.517. The van der Waals surface area contributed by atoms with Crippen molar-refractivity contribution >= 4 is 11.5 Å². The van der Waals surface area contributed by atoms with Gasteiger partial charge in [0.15, 0.2) is 6.79 Å². The molecule has 0 saturated carbocycles. The number of methoxy groups -OCH3 is 1. The van der Waals surface area contributed by atoms with E-state index in [-0.39, 0.29) is 13.4 Å². The molecule has 126 valence electrons. The smallest absolute Gasteiger partial charge is 0.331 e. The van der Waals surface area contributed by atoms with Crippen molar-refractivity contribution in [2.45, 2.75) is 6.92 Å². The molecule has 0 fully saturated rings. The fraction of sp³-hybridized carbons (Fsp3) is 0.211. The number of ether oxygens (including phenoxy) is 3. The number of hydrogen-bond acceptors (Lipinski definition) is 4. The van der Waals surface area contributed by atoms with Crippen LogP contribution in [-0.4, -0.2) is 26.5 Å². The van der Waals surface area contributed by atoms with E-state index in [0.717, 1.165) is 5.56 Å². The highest BCUT2D eigenvalue weighted by Gasteiger charge is 2.15. The molecule has 0 aliphatic heterocycles. The maximum atomic E-state index is 13.8. The van der Waals surface area contributed by atoms with Crippen molar-refractivity contribution in [3.05, 3.63) is 71.6 Å². The van der Waals surface area contributed by atoms with Gasteiger partial charge in [0, 0.05) is 18.7 Å². The van der Waals surface area contributed by atoms with Gasteiger partial charge in [0.05, 0.1) is 6.61 Å². The molecule has 0 atom stereocenters. The zero-order valence-corrected chi connectivity index (χ0v) is 13.6. The van der Waals surface area contributed by atoms with E-state index in [2.05, 4.69) is 0 Å². The summed E-state index contributed by atoms with van der Waals surface area (Å²) in [7, 11) is 1.50. The first-order chi connectivity index (χ1) is 11.7. The lowest BCUT2D eigenvalue weighted by molar-refractivity contribution is -0.137. The summed E-state index contributed by atoms with van der Waals surface area (Å²) in [4.78, 5) is 12.0. The molecule has 4 nitrogen and oxygen atoms in total. The highest BCUT2D eigenvalue weighted by atomic mass is 19.1. The predicted molar refractivity (Wildman–Crippen MR) is 89.1 cm³/mol. The minimum atomic E-state index is -0.502. The van der Waals surface area contributed by atoms with Crippen LogP contribution in [0.5, 0.6) is 5.75 Å². The molecule has 0 bridgehead atoms. The molecule has 2 aromatic rings. The first-order valence-electron chi connectivity index (χ1n) is 7.51. The third-order valence-corrected chi connectivity index (χ3v) is 3.20. The minimum absolute atomic E-state index is 0.0140. The van der Waals surface area contributed by atoms with Gasteiger partial charge in [0.1, 0.15) is 11.6 Å². The maximum Gasteiger partial charge on any atom is 0.331 e. The van der Waals surface area contributed by atoms with Crippen LogP contribution in [0.15, 0.2) is 54.6 Å². The summed E-state index contributed by atoms with van der Waals surface area (Å²) in [6.07, 6.45) is 1.34. The standard InChI is InChI=1S/C19H19FO4/c1-3-23-19(21)12-16(14-7-5-4-6-8-14)17-11-15(20)9-10-18(17)24-13-22-2/h4-12H,3,13H2,1-2H3/b16-12+. The van der Waals surface area contributed by atoms with E-state index in [1.165, 1.54) is 31.4 Å². The van der Waals surface area contributed by atoms with E-state index in [1.54, 1.807) is 6.92 Å². The largest absolute Gasteiger partial charge is 0.467 e. The van der Waals surface area contributed by atoms with Crippen LogP contribution in [-0.2, 0) is 14.3 Å². The van der Waals surface area contributed by atoms with Gasteiger partial charge in [-0.3, -0.25) is 0 Å². The number of hydrogen-bond donors (Lipinski definition) is 0. The zero-order valence-electron chi connectivity index (χ0n) is 13.6. The Kier molecular flexibility index (Phi) is 6.51. The Hall–Kier alpha value is -2.66. The van der Waals surface area contributed by atoms with Crippen LogP contribution >= 0.6 is 0 Å². The Bertz CT molecular complexity index is 711. The Morgan fingerprint density at radius 1 is 1.17 bits per heavy atom. The molecule has 0 amide bonds. The average molecular weight is 330 g/mol. The summed E-state index contributed by atoms with van der Waals surface area (Å²) >= 11 is 0. The summed E-state index contributed by atoms with van der Waals surface area (Å²) in [5.41, 5.74) is 1.71. The molecule has 0 aliphatic rings. The molecule has 0 N–H and O–H groups in total. The van der Waals surface area contributed by atoms with Crippen LogP contribution < -0.4 is 4.74 Å². The van der Waals surface area contributed by atoms with Gasteiger partial charge >= 0.3 is 5.97 Å². The van der Waals surface area contributed by atoms with E-state index >= 15 is 0 Å². The summed E-state index contributed by atoms with van der Waals surface area (Å²) in [5, 5.41) is 0. The normalized spacial score (nSPS) is 11.2. The minimum Gasteiger partial charge on any atom is -0.467 e. The Labute approximate surface area is 140 Å². The van der Waals surface area contributed by atoms with Crippen LogP contribution in [0.3, 0.4) is 0 Å². The molecule has 0 aliphatic carbocycles. The number of benzene rings is 2. The van der Waals surface area contributed by atoms with E-state index in [1.807, 2.05) is 30.3 Å². The number of esters is 1. The molecule has 0 spiro atoms. The van der Waals surface area contributed by atoms with Gasteiger partial charge in [-0.1, -0.05) is 30.3 Å². The molecular weight excluding hydrogens is 311 g/mol. The van der Waals surface area contributed by atoms with Crippen molar-refractivity contribution in [2.24, 2.45) is 0 Å². The lowest BCUT2D eigenvalue weighted by Crippen LogP contribution is -2.05. The quantitative estimate of drug-likeness (QED) is 0.440. The van der Waals surface area contributed by atoms with Crippen molar-refractivity contribution in [1.82, 2.24) is 0 Å². The lowest BCUT2D eigenvalue weighted by atomic mass is 9.96. The Morgan fingerprint density at radius 2 is 1.92 bits per heavy atom. The van der Waals surface area contributed by atoms with Crippen molar-refractivity contribution in [3.8, 4) is 5.75 Å². The van der Waals surface area contributed by atoms with E-state index in [9.17, 15) is 9.18 Å². The predicted octanol–water partition coefficient (Wildman–Crippen LogP) is 3.80. The van der Waals surface area contributed by atoms with Crippen LogP contribution in [0.25, 0.3) is 5.57 Å². The summed E-state index contributed by atoms with van der Waals surface area (Å²) < 4.78 is 29.2. The highest BCUT2D eigenvalue weighted by Crippen LogP contribution is 2.32. The molecule has 24 heavy (non-hydrogen) atoms. The topological polar surface area (TPSA) is 44.8 Å². The lowest BCUT2D eigenvalue weighted by Gasteiger charge is -2.14. The number of halogens is 1. The van der Waals surface area contributed by atoms with Gasteiger partial charge in [0.2, 0.25) is 0 Å². The summed E-state index contributed by atoms with van der Waals surface area (Å²) in [6.45, 7) is 2.00. The molecule has 0 aromatic heterocycles. The number of carbonyl (C=O) groups excluding carboxylic acids is 1. The highest BCUT2D eigenvalue weighted by molar-refractivity contribution is 5.97. The molecule has 2 aromatic carbocycles. The Balaban J connectivity index is 2.55. The van der Waals surface area contributed by atoms with Crippen LogP contribution in [0.2, 0.25) is 0 Å². The molecule has 0 radical (unpaired) electrons. The second-order valence-electron chi connectivity index (χ2n) is 4.87. The van der Waals surface area contributed by atoms with Crippen molar-refractivity contribution in [1.29, 1.82) is 0 Å². The second kappa shape index (κ2) is 8.84. The zero-order chi connectivity index (χ0) is 17.4. The van der Waals surface area contributed by atoms with Gasteiger partial charge in [-0.05, 0) is 36.3 Å². The van der Waals surface area contributed by atoms with Crippen LogP contribution in [0.4, 0.5) is 4.39 Å². The third kappa shape index (κ3) is 4.67. The van der Waals surface area contributed by atoms with Crippen LogP contribution in [0, 0.1) is 5.82 Å². The Morgan fingerprint density at radius 3 is 2.58 bits per heavy atom.